The van der Waals surface area contributed by atoms with E-state index in [1.54, 1.807) is 7.11 Å². The van der Waals surface area contributed by atoms with Gasteiger partial charge < -0.3 is 4.74 Å². The van der Waals surface area contributed by atoms with Crippen LogP contribution in [0.3, 0.4) is 0 Å². The van der Waals surface area contributed by atoms with Gasteiger partial charge in [-0.1, -0.05) is 25.1 Å². The van der Waals surface area contributed by atoms with Gasteiger partial charge in [0.25, 0.3) is 0 Å². The topological polar surface area (TPSA) is 21.6 Å². The van der Waals surface area contributed by atoms with Gasteiger partial charge in [0, 0.05) is 12.7 Å². The molecule has 1 unspecified atom stereocenters. The summed E-state index contributed by atoms with van der Waals surface area (Å²) in [5.74, 6) is 0. The van der Waals surface area contributed by atoms with E-state index in [9.17, 15) is 0 Å². The second-order valence-electron chi connectivity index (χ2n) is 3.67. The molecule has 1 aromatic carbocycles. The van der Waals surface area contributed by atoms with Crippen LogP contribution in [0.2, 0.25) is 0 Å². The van der Waals surface area contributed by atoms with E-state index in [1.807, 2.05) is 18.2 Å². The predicted octanol–water partition coefficient (Wildman–Crippen LogP) is 3.04. The summed E-state index contributed by atoms with van der Waals surface area (Å²) in [4.78, 5) is 4.59. The Morgan fingerprint density at radius 2 is 2.07 bits per heavy atom. The highest BCUT2D eigenvalue weighted by Gasteiger charge is 2.37. The van der Waals surface area contributed by atoms with Gasteiger partial charge in [-0.25, -0.2) is 0 Å². The third-order valence-corrected chi connectivity index (χ3v) is 2.97. The summed E-state index contributed by atoms with van der Waals surface area (Å²) in [6, 6.07) is 8.17. The first-order chi connectivity index (χ1) is 6.72. The van der Waals surface area contributed by atoms with Gasteiger partial charge >= 0.3 is 0 Å². The molecule has 0 N–H and O–H groups in total. The van der Waals surface area contributed by atoms with Crippen molar-refractivity contribution in [3.8, 4) is 0 Å². The van der Waals surface area contributed by atoms with Crippen molar-refractivity contribution < 1.29 is 4.74 Å². The van der Waals surface area contributed by atoms with Gasteiger partial charge in [-0.15, -0.1) is 0 Å². The quantitative estimate of drug-likeness (QED) is 0.700. The Morgan fingerprint density at radius 3 is 2.71 bits per heavy atom. The Bertz CT molecular complexity index is 384. The highest BCUT2D eigenvalue weighted by atomic mass is 16.5. The molecule has 0 fully saturated rings. The van der Waals surface area contributed by atoms with E-state index in [-0.39, 0.29) is 5.60 Å². The van der Waals surface area contributed by atoms with Crippen LogP contribution >= 0.6 is 0 Å². The molecule has 2 nitrogen and oxygen atoms in total. The molecule has 74 valence electrons. The number of fused-ring (bicyclic) bond motifs is 1. The standard InChI is InChI=1S/C12H15NO/c1-4-11-12(2,14-3)9-7-5-6-8-10(9)13-11/h5-8H,4H2,1-3H3. The first kappa shape index (κ1) is 9.41. The summed E-state index contributed by atoms with van der Waals surface area (Å²) >= 11 is 0. The van der Waals surface area contributed by atoms with E-state index >= 15 is 0 Å². The molecule has 0 radical (unpaired) electrons. The number of hydrogen-bond donors (Lipinski definition) is 0. The zero-order chi connectivity index (χ0) is 10.2. The molecule has 1 aliphatic rings. The first-order valence-corrected chi connectivity index (χ1v) is 4.95. The van der Waals surface area contributed by atoms with E-state index in [0.717, 1.165) is 17.8 Å². The third kappa shape index (κ3) is 1.11. The van der Waals surface area contributed by atoms with Crippen LogP contribution in [0.25, 0.3) is 0 Å². The minimum atomic E-state index is -0.314. The highest BCUT2D eigenvalue weighted by Crippen LogP contribution is 2.41. The summed E-state index contributed by atoms with van der Waals surface area (Å²) in [6.45, 7) is 4.20. The minimum Gasteiger partial charge on any atom is -0.368 e. The van der Waals surface area contributed by atoms with Crippen molar-refractivity contribution in [3.05, 3.63) is 29.8 Å². The summed E-state index contributed by atoms with van der Waals surface area (Å²) in [5.41, 5.74) is 3.03. The van der Waals surface area contributed by atoms with Crippen LogP contribution < -0.4 is 0 Å². The molecule has 0 saturated carbocycles. The molecule has 0 aliphatic carbocycles. The Morgan fingerprint density at radius 1 is 1.36 bits per heavy atom. The number of hydrogen-bond acceptors (Lipinski definition) is 2. The Kier molecular flexibility index (Phi) is 2.16. The van der Waals surface area contributed by atoms with Crippen LogP contribution in [-0.2, 0) is 10.3 Å². The zero-order valence-electron chi connectivity index (χ0n) is 8.87. The van der Waals surface area contributed by atoms with Crippen LogP contribution in [0, 0.1) is 0 Å². The van der Waals surface area contributed by atoms with Crippen molar-refractivity contribution >= 4 is 11.4 Å². The van der Waals surface area contributed by atoms with Gasteiger partial charge in [-0.2, -0.15) is 0 Å². The fraction of sp³-hybridized carbons (Fsp3) is 0.417. The van der Waals surface area contributed by atoms with Crippen LogP contribution in [0.5, 0.6) is 0 Å². The Balaban J connectivity index is 2.57. The van der Waals surface area contributed by atoms with Gasteiger partial charge in [0.1, 0.15) is 5.60 Å². The lowest BCUT2D eigenvalue weighted by molar-refractivity contribution is 0.0661. The summed E-state index contributed by atoms with van der Waals surface area (Å²) in [5, 5.41) is 0. The van der Waals surface area contributed by atoms with Gasteiger partial charge in [0.2, 0.25) is 0 Å². The molecule has 1 heterocycles. The number of rotatable bonds is 2. The maximum Gasteiger partial charge on any atom is 0.130 e. The molecule has 0 amide bonds. The molecular weight excluding hydrogens is 174 g/mol. The molecule has 2 rings (SSSR count). The van der Waals surface area contributed by atoms with Crippen molar-refractivity contribution in [1.29, 1.82) is 0 Å². The van der Waals surface area contributed by atoms with Crippen LogP contribution in [0.15, 0.2) is 29.3 Å². The number of ether oxygens (including phenoxy) is 1. The molecule has 0 aromatic heterocycles. The average molecular weight is 189 g/mol. The number of methoxy groups -OCH3 is 1. The van der Waals surface area contributed by atoms with Crippen molar-refractivity contribution in [1.82, 2.24) is 0 Å². The molecule has 1 aromatic rings. The fourth-order valence-electron chi connectivity index (χ4n) is 2.03. The maximum absolute atomic E-state index is 5.60. The fourth-order valence-corrected chi connectivity index (χ4v) is 2.03. The number of aliphatic imine (C=N–C) groups is 1. The molecule has 14 heavy (non-hydrogen) atoms. The number of nitrogens with zero attached hydrogens (tertiary/aromatic N) is 1. The van der Waals surface area contributed by atoms with Crippen LogP contribution in [0.1, 0.15) is 25.8 Å². The molecule has 0 bridgehead atoms. The van der Waals surface area contributed by atoms with Crippen molar-refractivity contribution in [2.75, 3.05) is 7.11 Å². The first-order valence-electron chi connectivity index (χ1n) is 4.95. The highest BCUT2D eigenvalue weighted by molar-refractivity contribution is 6.00. The van der Waals surface area contributed by atoms with E-state index in [1.165, 1.54) is 5.56 Å². The van der Waals surface area contributed by atoms with Gasteiger partial charge in [0.05, 0.1) is 11.4 Å². The largest absolute Gasteiger partial charge is 0.368 e. The minimum absolute atomic E-state index is 0.314. The van der Waals surface area contributed by atoms with Crippen LogP contribution in [-0.4, -0.2) is 12.8 Å². The van der Waals surface area contributed by atoms with E-state index < -0.39 is 0 Å². The van der Waals surface area contributed by atoms with E-state index in [2.05, 4.69) is 24.9 Å². The average Bonchev–Trinajstić information content (AvgIpc) is 2.53. The van der Waals surface area contributed by atoms with E-state index in [0.29, 0.717) is 0 Å². The van der Waals surface area contributed by atoms with Crippen molar-refractivity contribution in [2.45, 2.75) is 25.9 Å². The monoisotopic (exact) mass is 189 g/mol. The van der Waals surface area contributed by atoms with Gasteiger partial charge in [0.15, 0.2) is 0 Å². The summed E-state index contributed by atoms with van der Waals surface area (Å²) < 4.78 is 5.60. The molecular formula is C12H15NO. The summed E-state index contributed by atoms with van der Waals surface area (Å²) in [6.07, 6.45) is 0.930. The lowest BCUT2D eigenvalue weighted by Crippen LogP contribution is -2.31. The summed E-state index contributed by atoms with van der Waals surface area (Å²) in [7, 11) is 1.74. The lowest BCUT2D eigenvalue weighted by Gasteiger charge is -2.25. The number of para-hydroxylation sites is 1. The zero-order valence-corrected chi connectivity index (χ0v) is 8.87. The smallest absolute Gasteiger partial charge is 0.130 e. The second-order valence-corrected chi connectivity index (χ2v) is 3.67. The molecule has 0 spiro atoms. The SMILES string of the molecule is CCC1=Nc2ccccc2C1(C)OC. The Labute approximate surface area is 84.6 Å². The van der Waals surface area contributed by atoms with Crippen molar-refractivity contribution in [2.24, 2.45) is 4.99 Å². The third-order valence-electron chi connectivity index (χ3n) is 2.97. The second kappa shape index (κ2) is 3.21. The van der Waals surface area contributed by atoms with Gasteiger partial charge in [-0.3, -0.25) is 4.99 Å². The van der Waals surface area contributed by atoms with Gasteiger partial charge in [-0.05, 0) is 19.4 Å². The normalized spacial score (nSPS) is 24.6. The lowest BCUT2D eigenvalue weighted by atomic mass is 9.91. The van der Waals surface area contributed by atoms with E-state index in [4.69, 9.17) is 4.74 Å². The van der Waals surface area contributed by atoms with Crippen LogP contribution in [0.4, 0.5) is 5.69 Å². The number of benzene rings is 1. The molecule has 1 aliphatic heterocycles. The van der Waals surface area contributed by atoms with Crippen molar-refractivity contribution in [3.63, 3.8) is 0 Å². The maximum atomic E-state index is 5.60. The molecule has 2 heteroatoms. The molecule has 0 saturated heterocycles. The molecule has 1 atom stereocenters. The predicted molar refractivity (Wildman–Crippen MR) is 58.2 cm³/mol. The Hall–Kier alpha value is -1.15.